The van der Waals surface area contributed by atoms with Gasteiger partial charge in [-0.05, 0) is 24.3 Å². The molecule has 134 valence electrons. The molecule has 10 heteroatoms. The summed E-state index contributed by atoms with van der Waals surface area (Å²) >= 11 is 5.71. The van der Waals surface area contributed by atoms with Gasteiger partial charge in [-0.25, -0.2) is 13.9 Å². The van der Waals surface area contributed by atoms with E-state index < -0.39 is 23.6 Å². The van der Waals surface area contributed by atoms with E-state index in [1.165, 1.54) is 30.3 Å². The molecule has 0 aliphatic carbocycles. The molecule has 1 aromatic heterocycles. The fourth-order valence-corrected chi connectivity index (χ4v) is 2.69. The number of fused-ring (bicyclic) bond motifs is 1. The number of hydroxylamine groups is 2. The summed E-state index contributed by atoms with van der Waals surface area (Å²) in [6, 6.07) is 10.3. The number of hydrogen-bond acceptors (Lipinski definition) is 6. The summed E-state index contributed by atoms with van der Waals surface area (Å²) in [5.41, 5.74) is -0.111. The number of carbonyl (C=O) groups is 3. The highest BCUT2D eigenvalue weighted by atomic mass is 35.5. The van der Waals surface area contributed by atoms with Crippen molar-refractivity contribution >= 4 is 29.4 Å². The Kier molecular flexibility index (Phi) is 3.93. The topological polar surface area (TPSA) is 94.4 Å². The molecule has 1 aliphatic rings. The molecule has 0 saturated heterocycles. The van der Waals surface area contributed by atoms with Gasteiger partial charge >= 0.3 is 5.97 Å². The zero-order chi connectivity index (χ0) is 19.1. The van der Waals surface area contributed by atoms with Crippen LogP contribution in [0, 0.1) is 5.82 Å². The third-order valence-corrected chi connectivity index (χ3v) is 4.10. The smallest absolute Gasteiger partial charge is 0.322 e. The van der Waals surface area contributed by atoms with Gasteiger partial charge in [0.25, 0.3) is 11.8 Å². The Hall–Kier alpha value is -3.59. The highest BCUT2D eigenvalue weighted by Crippen LogP contribution is 2.24. The lowest BCUT2D eigenvalue weighted by Gasteiger charge is -2.11. The molecule has 0 bridgehead atoms. The highest BCUT2D eigenvalue weighted by molar-refractivity contribution is 6.30. The standard InChI is InChI=1S/C17H8ClFN4O4/c18-11-6-3-7-13(14(11)19)22-8-12(20-21-22)17(26)27-23-15(24)9-4-1-2-5-10(9)16(23)25/h1-8H. The highest BCUT2D eigenvalue weighted by Gasteiger charge is 2.39. The van der Waals surface area contributed by atoms with E-state index in [-0.39, 0.29) is 27.5 Å². The Morgan fingerprint density at radius 1 is 1.04 bits per heavy atom. The maximum atomic E-state index is 14.0. The zero-order valence-corrected chi connectivity index (χ0v) is 14.1. The van der Waals surface area contributed by atoms with Crippen molar-refractivity contribution in [3.8, 4) is 5.69 Å². The van der Waals surface area contributed by atoms with Gasteiger partial charge in [-0.15, -0.1) is 5.10 Å². The van der Waals surface area contributed by atoms with Crippen LogP contribution in [-0.4, -0.2) is 37.8 Å². The molecular formula is C17H8ClFN4O4. The average molecular weight is 387 g/mol. The SMILES string of the molecule is O=C(ON1C(=O)c2ccccc2C1=O)c1cn(-c2cccc(Cl)c2F)nn1. The Bertz CT molecular complexity index is 1080. The molecule has 0 fully saturated rings. The number of nitrogens with zero attached hydrogens (tertiary/aromatic N) is 4. The Morgan fingerprint density at radius 2 is 1.70 bits per heavy atom. The number of hydrogen-bond donors (Lipinski definition) is 0. The maximum Gasteiger partial charge on any atom is 0.385 e. The van der Waals surface area contributed by atoms with Crippen LogP contribution in [0.5, 0.6) is 0 Å². The van der Waals surface area contributed by atoms with Crippen LogP contribution in [0.1, 0.15) is 31.2 Å². The molecule has 2 aromatic carbocycles. The van der Waals surface area contributed by atoms with Crippen LogP contribution >= 0.6 is 11.6 Å². The van der Waals surface area contributed by atoms with Crippen LogP contribution < -0.4 is 0 Å². The molecule has 0 spiro atoms. The Morgan fingerprint density at radius 3 is 2.37 bits per heavy atom. The summed E-state index contributed by atoms with van der Waals surface area (Å²) in [6.45, 7) is 0. The van der Waals surface area contributed by atoms with E-state index in [1.54, 1.807) is 12.1 Å². The van der Waals surface area contributed by atoms with Crippen molar-refractivity contribution < 1.29 is 23.6 Å². The van der Waals surface area contributed by atoms with Gasteiger partial charge in [0, 0.05) is 0 Å². The lowest BCUT2D eigenvalue weighted by atomic mass is 10.1. The number of carbonyl (C=O) groups excluding carboxylic acids is 3. The monoisotopic (exact) mass is 386 g/mol. The van der Waals surface area contributed by atoms with Gasteiger partial charge in [0.2, 0.25) is 0 Å². The van der Waals surface area contributed by atoms with Gasteiger partial charge < -0.3 is 4.84 Å². The second-order valence-corrected chi connectivity index (χ2v) is 5.86. The van der Waals surface area contributed by atoms with Crippen LogP contribution in [0.25, 0.3) is 5.69 Å². The minimum absolute atomic E-state index is 0.0326. The summed E-state index contributed by atoms with van der Waals surface area (Å²) in [7, 11) is 0. The summed E-state index contributed by atoms with van der Waals surface area (Å²) in [4.78, 5) is 41.5. The fourth-order valence-electron chi connectivity index (χ4n) is 2.52. The molecule has 1 aliphatic heterocycles. The van der Waals surface area contributed by atoms with E-state index in [0.717, 1.165) is 10.9 Å². The number of benzene rings is 2. The average Bonchev–Trinajstić information content (AvgIpc) is 3.24. The quantitative estimate of drug-likeness (QED) is 0.642. The molecule has 0 atom stereocenters. The first kappa shape index (κ1) is 16.9. The van der Waals surface area contributed by atoms with Crippen molar-refractivity contribution in [1.82, 2.24) is 20.1 Å². The molecule has 3 aromatic rings. The summed E-state index contributed by atoms with van der Waals surface area (Å²) < 4.78 is 15.0. The zero-order valence-electron chi connectivity index (χ0n) is 13.3. The summed E-state index contributed by atoms with van der Waals surface area (Å²) in [5, 5.41) is 7.45. The second-order valence-electron chi connectivity index (χ2n) is 5.45. The van der Waals surface area contributed by atoms with Gasteiger partial charge in [-0.2, -0.15) is 0 Å². The van der Waals surface area contributed by atoms with Crippen molar-refractivity contribution in [2.24, 2.45) is 0 Å². The maximum absolute atomic E-state index is 14.0. The van der Waals surface area contributed by atoms with E-state index in [9.17, 15) is 18.8 Å². The molecule has 27 heavy (non-hydrogen) atoms. The van der Waals surface area contributed by atoms with Crippen molar-refractivity contribution in [2.45, 2.75) is 0 Å². The second kappa shape index (κ2) is 6.29. The Balaban J connectivity index is 1.57. The molecule has 8 nitrogen and oxygen atoms in total. The van der Waals surface area contributed by atoms with E-state index >= 15 is 0 Å². The van der Waals surface area contributed by atoms with Crippen LogP contribution in [0.3, 0.4) is 0 Å². The van der Waals surface area contributed by atoms with E-state index in [2.05, 4.69) is 10.3 Å². The minimum atomic E-state index is -1.10. The number of aromatic nitrogens is 3. The third kappa shape index (κ3) is 2.74. The minimum Gasteiger partial charge on any atom is -0.322 e. The van der Waals surface area contributed by atoms with Crippen LogP contribution in [0.15, 0.2) is 48.7 Å². The lowest BCUT2D eigenvalue weighted by molar-refractivity contribution is -0.0588. The number of amides is 2. The summed E-state index contributed by atoms with van der Waals surface area (Å²) in [6.07, 6.45) is 1.09. The lowest BCUT2D eigenvalue weighted by Crippen LogP contribution is -2.32. The predicted molar refractivity (Wildman–Crippen MR) is 88.7 cm³/mol. The third-order valence-electron chi connectivity index (χ3n) is 3.81. The van der Waals surface area contributed by atoms with Crippen molar-refractivity contribution in [3.63, 3.8) is 0 Å². The van der Waals surface area contributed by atoms with Gasteiger partial charge in [-0.3, -0.25) is 9.59 Å². The van der Waals surface area contributed by atoms with Crippen molar-refractivity contribution in [2.75, 3.05) is 0 Å². The summed E-state index contributed by atoms with van der Waals surface area (Å²) in [5.74, 6) is -3.38. The van der Waals surface area contributed by atoms with Crippen molar-refractivity contribution in [3.05, 3.63) is 76.3 Å². The normalized spacial score (nSPS) is 13.0. The predicted octanol–water partition coefficient (Wildman–Crippen LogP) is 2.43. The van der Waals surface area contributed by atoms with Gasteiger partial charge in [0.15, 0.2) is 11.5 Å². The molecule has 0 unspecified atom stereocenters. The van der Waals surface area contributed by atoms with Crippen molar-refractivity contribution in [1.29, 1.82) is 0 Å². The van der Waals surface area contributed by atoms with Gasteiger partial charge in [0.1, 0.15) is 5.69 Å². The molecule has 4 rings (SSSR count). The van der Waals surface area contributed by atoms with Crippen LogP contribution in [0.4, 0.5) is 4.39 Å². The fraction of sp³-hybridized carbons (Fsp3) is 0. The van der Waals surface area contributed by atoms with Crippen LogP contribution in [-0.2, 0) is 4.84 Å². The molecule has 2 amide bonds. The van der Waals surface area contributed by atoms with Gasteiger partial charge in [0.05, 0.1) is 22.3 Å². The molecule has 2 heterocycles. The molecular weight excluding hydrogens is 379 g/mol. The number of rotatable bonds is 3. The van der Waals surface area contributed by atoms with E-state index in [0.29, 0.717) is 5.06 Å². The number of halogens is 2. The molecule has 0 saturated carbocycles. The van der Waals surface area contributed by atoms with Crippen LogP contribution in [0.2, 0.25) is 5.02 Å². The van der Waals surface area contributed by atoms with E-state index in [4.69, 9.17) is 16.4 Å². The Labute approximate surface area is 155 Å². The first-order chi connectivity index (χ1) is 13.0. The largest absolute Gasteiger partial charge is 0.385 e. The number of imide groups is 1. The van der Waals surface area contributed by atoms with Gasteiger partial charge in [-0.1, -0.05) is 40.1 Å². The molecule has 0 N–H and O–H groups in total. The first-order valence-corrected chi connectivity index (χ1v) is 7.92. The van der Waals surface area contributed by atoms with E-state index in [1.807, 2.05) is 0 Å². The first-order valence-electron chi connectivity index (χ1n) is 7.54. The molecule has 0 radical (unpaired) electrons.